The van der Waals surface area contributed by atoms with Crippen LogP contribution in [0.25, 0.3) is 97.7 Å². The van der Waals surface area contributed by atoms with E-state index in [2.05, 4.69) is 217 Å². The van der Waals surface area contributed by atoms with E-state index in [4.69, 9.17) is 0 Å². The molecule has 57 heavy (non-hydrogen) atoms. The first kappa shape index (κ1) is 31.8. The van der Waals surface area contributed by atoms with Gasteiger partial charge in [0, 0.05) is 22.1 Å². The van der Waals surface area contributed by atoms with Gasteiger partial charge in [0.2, 0.25) is 0 Å². The van der Waals surface area contributed by atoms with Crippen LogP contribution in [0.15, 0.2) is 212 Å². The minimum absolute atomic E-state index is 1.11. The van der Waals surface area contributed by atoms with Gasteiger partial charge in [-0.05, 0) is 117 Å². The van der Waals surface area contributed by atoms with E-state index in [1.807, 2.05) is 0 Å². The highest BCUT2D eigenvalue weighted by Crippen LogP contribution is 2.48. The zero-order chi connectivity index (χ0) is 37.5. The maximum absolute atomic E-state index is 2.46. The predicted molar refractivity (Wildman–Crippen MR) is 246 cm³/mol. The SMILES string of the molecule is c1ccc(-c2ccc(N(c3ccc(-c4cccc5ccccc45)cc3)c3cc4cccc5c6cccc7ccc8cccc(c9cccc3c9c45)c8c76)cc2)cc1. The Morgan fingerprint density at radius 1 is 0.246 bits per heavy atom. The smallest absolute Gasteiger partial charge is 0.0546 e. The molecule has 0 spiro atoms. The lowest BCUT2D eigenvalue weighted by Gasteiger charge is -2.28. The van der Waals surface area contributed by atoms with Gasteiger partial charge in [-0.15, -0.1) is 0 Å². The monoisotopic (exact) mass is 721 g/mol. The molecule has 1 nitrogen and oxygen atoms in total. The third-order valence-corrected chi connectivity index (χ3v) is 12.1. The van der Waals surface area contributed by atoms with Gasteiger partial charge in [-0.25, -0.2) is 0 Å². The first-order chi connectivity index (χ1) is 28.3. The van der Waals surface area contributed by atoms with Crippen molar-refractivity contribution in [2.75, 3.05) is 4.90 Å². The summed E-state index contributed by atoms with van der Waals surface area (Å²) in [7, 11) is 0. The van der Waals surface area contributed by atoms with Crippen LogP contribution in [0.1, 0.15) is 0 Å². The highest BCUT2D eigenvalue weighted by molar-refractivity contribution is 6.38. The van der Waals surface area contributed by atoms with Gasteiger partial charge in [-0.2, -0.15) is 0 Å². The van der Waals surface area contributed by atoms with Crippen LogP contribution in [0.2, 0.25) is 0 Å². The molecule has 12 aromatic carbocycles. The molecule has 12 rings (SSSR count). The molecular weight excluding hydrogens is 687 g/mol. The Balaban J connectivity index is 1.16. The largest absolute Gasteiger partial charge is 0.310 e. The lowest BCUT2D eigenvalue weighted by Crippen LogP contribution is -2.10. The molecule has 0 aromatic heterocycles. The summed E-state index contributed by atoms with van der Waals surface area (Å²) in [4.78, 5) is 2.46. The van der Waals surface area contributed by atoms with Crippen molar-refractivity contribution in [1.29, 1.82) is 0 Å². The lowest BCUT2D eigenvalue weighted by atomic mass is 9.87. The van der Waals surface area contributed by atoms with Crippen LogP contribution in [0.4, 0.5) is 17.1 Å². The second-order valence-electron chi connectivity index (χ2n) is 15.2. The number of anilines is 3. The fourth-order valence-corrected chi connectivity index (χ4v) is 9.60. The number of benzene rings is 11. The molecule has 0 N–H and O–H groups in total. The van der Waals surface area contributed by atoms with Gasteiger partial charge in [-0.1, -0.05) is 182 Å². The van der Waals surface area contributed by atoms with Gasteiger partial charge in [0.15, 0.2) is 0 Å². The maximum Gasteiger partial charge on any atom is 0.0546 e. The Kier molecular flexibility index (Phi) is 7.00. The molecule has 1 heteroatoms. The van der Waals surface area contributed by atoms with Crippen LogP contribution < -0.4 is 4.90 Å². The van der Waals surface area contributed by atoms with E-state index in [1.165, 1.54) is 97.7 Å². The fraction of sp³-hybridized carbons (Fsp3) is 0. The van der Waals surface area contributed by atoms with Gasteiger partial charge >= 0.3 is 0 Å². The summed E-state index contributed by atoms with van der Waals surface area (Å²) in [5.74, 6) is 0. The van der Waals surface area contributed by atoms with E-state index in [0.717, 1.165) is 17.1 Å². The zero-order valence-electron chi connectivity index (χ0n) is 31.2. The molecule has 0 bridgehead atoms. The van der Waals surface area contributed by atoms with Crippen molar-refractivity contribution in [3.8, 4) is 22.3 Å². The predicted octanol–water partition coefficient (Wildman–Crippen LogP) is 16.0. The van der Waals surface area contributed by atoms with Gasteiger partial charge in [0.05, 0.1) is 5.69 Å². The number of hydrogen-bond acceptors (Lipinski definition) is 1. The normalized spacial score (nSPS) is 11.9. The van der Waals surface area contributed by atoms with Gasteiger partial charge in [-0.3, -0.25) is 0 Å². The van der Waals surface area contributed by atoms with Crippen molar-refractivity contribution in [2.24, 2.45) is 0 Å². The summed E-state index contributed by atoms with van der Waals surface area (Å²) in [6.07, 6.45) is 0. The van der Waals surface area contributed by atoms with Crippen LogP contribution in [-0.4, -0.2) is 0 Å². The summed E-state index contributed by atoms with van der Waals surface area (Å²) in [5.41, 5.74) is 8.23. The third kappa shape index (κ3) is 4.89. The Morgan fingerprint density at radius 3 is 1.35 bits per heavy atom. The number of fused-ring (bicyclic) bond motifs is 3. The quantitative estimate of drug-likeness (QED) is 0.160. The highest BCUT2D eigenvalue weighted by atomic mass is 15.1. The summed E-state index contributed by atoms with van der Waals surface area (Å²) in [5, 5.41) is 17.9. The fourth-order valence-electron chi connectivity index (χ4n) is 9.60. The molecule has 0 amide bonds. The molecule has 0 heterocycles. The van der Waals surface area contributed by atoms with Crippen molar-refractivity contribution in [3.63, 3.8) is 0 Å². The molecule has 12 aromatic rings. The first-order valence-electron chi connectivity index (χ1n) is 19.8. The first-order valence-corrected chi connectivity index (χ1v) is 19.8. The van der Waals surface area contributed by atoms with Crippen molar-refractivity contribution < 1.29 is 0 Å². The van der Waals surface area contributed by atoms with E-state index in [-0.39, 0.29) is 0 Å². The number of rotatable bonds is 5. The third-order valence-electron chi connectivity index (χ3n) is 12.1. The summed E-state index contributed by atoms with van der Waals surface area (Å²) < 4.78 is 0. The number of hydrogen-bond donors (Lipinski definition) is 0. The van der Waals surface area contributed by atoms with E-state index < -0.39 is 0 Å². The van der Waals surface area contributed by atoms with E-state index >= 15 is 0 Å². The molecular formula is C56H35N. The van der Waals surface area contributed by atoms with Crippen LogP contribution in [-0.2, 0) is 0 Å². The van der Waals surface area contributed by atoms with E-state index in [0.29, 0.717) is 0 Å². The van der Waals surface area contributed by atoms with Crippen LogP contribution >= 0.6 is 0 Å². The van der Waals surface area contributed by atoms with Crippen molar-refractivity contribution in [3.05, 3.63) is 212 Å². The van der Waals surface area contributed by atoms with Gasteiger partial charge < -0.3 is 4.90 Å². The average Bonchev–Trinajstić information content (AvgIpc) is 3.28. The van der Waals surface area contributed by atoms with Crippen molar-refractivity contribution >= 4 is 92.5 Å². The standard InChI is InChI=1S/C56H35N/c1-2-11-36(12-3-1)37-27-31-43(32-28-37)57(44-33-29-39(30-34-44)46-19-6-14-38-13-4-5-18-45(38)46)52-35-42-17-9-22-48-47-20-7-15-40-25-26-41-16-8-21-49(54(41)53(40)47)50-23-10-24-51(52)56(50)55(42)48/h1-35H. The summed E-state index contributed by atoms with van der Waals surface area (Å²) in [6, 6.07) is 78.5. The molecule has 0 fully saturated rings. The maximum atomic E-state index is 2.46. The molecule has 0 aliphatic heterocycles. The second-order valence-corrected chi connectivity index (χ2v) is 15.2. The molecule has 0 aliphatic rings. The minimum atomic E-state index is 1.11. The Labute approximate surface area is 330 Å². The molecule has 0 saturated heterocycles. The Bertz CT molecular complexity index is 3480. The van der Waals surface area contributed by atoms with Crippen LogP contribution in [0.3, 0.4) is 0 Å². The highest BCUT2D eigenvalue weighted by Gasteiger charge is 2.21. The molecule has 0 saturated carbocycles. The van der Waals surface area contributed by atoms with Crippen LogP contribution in [0.5, 0.6) is 0 Å². The van der Waals surface area contributed by atoms with E-state index in [1.54, 1.807) is 0 Å². The summed E-state index contributed by atoms with van der Waals surface area (Å²) in [6.45, 7) is 0. The zero-order valence-corrected chi connectivity index (χ0v) is 31.2. The van der Waals surface area contributed by atoms with Crippen LogP contribution in [0, 0.1) is 0 Å². The van der Waals surface area contributed by atoms with Gasteiger partial charge in [0.1, 0.15) is 0 Å². The molecule has 0 unspecified atom stereocenters. The number of nitrogens with zero attached hydrogens (tertiary/aromatic N) is 1. The molecule has 0 radical (unpaired) electrons. The lowest BCUT2D eigenvalue weighted by molar-refractivity contribution is 1.30. The molecule has 0 atom stereocenters. The summed E-state index contributed by atoms with van der Waals surface area (Å²) >= 11 is 0. The van der Waals surface area contributed by atoms with Crippen molar-refractivity contribution in [1.82, 2.24) is 0 Å². The topological polar surface area (TPSA) is 3.24 Å². The Morgan fingerprint density at radius 2 is 0.684 bits per heavy atom. The average molecular weight is 722 g/mol. The van der Waals surface area contributed by atoms with E-state index in [9.17, 15) is 0 Å². The van der Waals surface area contributed by atoms with Crippen molar-refractivity contribution in [2.45, 2.75) is 0 Å². The Hall–Kier alpha value is -7.48. The molecule has 264 valence electrons. The minimum Gasteiger partial charge on any atom is -0.310 e. The second kappa shape index (κ2) is 12.5. The molecule has 0 aliphatic carbocycles. The van der Waals surface area contributed by atoms with Gasteiger partial charge in [0.25, 0.3) is 0 Å².